The second-order valence-electron chi connectivity index (χ2n) is 5.29. The van der Waals surface area contributed by atoms with Gasteiger partial charge in [0.05, 0.1) is 6.10 Å². The van der Waals surface area contributed by atoms with E-state index in [1.54, 1.807) is 18.2 Å². The molecule has 2 aliphatic rings. The molecule has 92 valence electrons. The van der Waals surface area contributed by atoms with Crippen LogP contribution < -0.4 is 4.74 Å². The summed E-state index contributed by atoms with van der Waals surface area (Å²) in [7, 11) is 0. The van der Waals surface area contributed by atoms with Gasteiger partial charge in [0.1, 0.15) is 17.1 Å². The SMILES string of the molecule is Oc1ccc2c(c1)OC1(CCCCC1)CC2O. The summed E-state index contributed by atoms with van der Waals surface area (Å²) < 4.78 is 6.09. The lowest BCUT2D eigenvalue weighted by Gasteiger charge is -2.43. The molecule has 3 heteroatoms. The minimum atomic E-state index is -0.461. The third-order valence-electron chi connectivity index (χ3n) is 4.01. The quantitative estimate of drug-likeness (QED) is 0.725. The monoisotopic (exact) mass is 234 g/mol. The highest BCUT2D eigenvalue weighted by Gasteiger charge is 2.41. The largest absolute Gasteiger partial charge is 0.508 e. The lowest BCUT2D eigenvalue weighted by atomic mass is 9.78. The van der Waals surface area contributed by atoms with Crippen molar-refractivity contribution in [3.05, 3.63) is 23.8 Å². The topological polar surface area (TPSA) is 49.7 Å². The standard InChI is InChI=1S/C14H18O3/c15-10-4-5-11-12(16)9-14(17-13(11)8-10)6-2-1-3-7-14/h4-5,8,12,15-16H,1-3,6-7,9H2. The normalized spacial score (nSPS) is 26.3. The van der Waals surface area contributed by atoms with Gasteiger partial charge in [-0.15, -0.1) is 0 Å². The van der Waals surface area contributed by atoms with Gasteiger partial charge in [-0.2, -0.15) is 0 Å². The molecule has 2 N–H and O–H groups in total. The van der Waals surface area contributed by atoms with Crippen molar-refractivity contribution in [2.75, 3.05) is 0 Å². The van der Waals surface area contributed by atoms with Crippen molar-refractivity contribution in [1.29, 1.82) is 0 Å². The van der Waals surface area contributed by atoms with E-state index in [4.69, 9.17) is 4.74 Å². The molecular weight excluding hydrogens is 216 g/mol. The van der Waals surface area contributed by atoms with Gasteiger partial charge in [0.15, 0.2) is 0 Å². The van der Waals surface area contributed by atoms with E-state index in [0.717, 1.165) is 18.4 Å². The summed E-state index contributed by atoms with van der Waals surface area (Å²) in [6.45, 7) is 0. The van der Waals surface area contributed by atoms with Crippen molar-refractivity contribution in [2.24, 2.45) is 0 Å². The van der Waals surface area contributed by atoms with Crippen molar-refractivity contribution in [2.45, 2.75) is 50.2 Å². The van der Waals surface area contributed by atoms with E-state index in [9.17, 15) is 10.2 Å². The van der Waals surface area contributed by atoms with Crippen LogP contribution in [0.1, 0.15) is 50.2 Å². The average molecular weight is 234 g/mol. The fourth-order valence-electron chi connectivity index (χ4n) is 3.13. The Bertz CT molecular complexity index is 421. The molecule has 0 amide bonds. The number of hydrogen-bond donors (Lipinski definition) is 2. The number of aliphatic hydroxyl groups excluding tert-OH is 1. The second-order valence-corrected chi connectivity index (χ2v) is 5.29. The van der Waals surface area contributed by atoms with Crippen LogP contribution in [0.25, 0.3) is 0 Å². The molecule has 0 bridgehead atoms. The fraction of sp³-hybridized carbons (Fsp3) is 0.571. The van der Waals surface area contributed by atoms with E-state index >= 15 is 0 Å². The number of benzene rings is 1. The van der Waals surface area contributed by atoms with Crippen LogP contribution in [-0.4, -0.2) is 15.8 Å². The van der Waals surface area contributed by atoms with E-state index in [1.165, 1.54) is 19.3 Å². The van der Waals surface area contributed by atoms with E-state index < -0.39 is 6.10 Å². The van der Waals surface area contributed by atoms with E-state index in [0.29, 0.717) is 12.2 Å². The summed E-state index contributed by atoms with van der Waals surface area (Å²) in [6, 6.07) is 4.98. The summed E-state index contributed by atoms with van der Waals surface area (Å²) in [6.07, 6.45) is 5.84. The van der Waals surface area contributed by atoms with Gasteiger partial charge >= 0.3 is 0 Å². The maximum absolute atomic E-state index is 10.2. The van der Waals surface area contributed by atoms with Gasteiger partial charge in [0.2, 0.25) is 0 Å². The Morgan fingerprint density at radius 3 is 2.71 bits per heavy atom. The Balaban J connectivity index is 1.95. The van der Waals surface area contributed by atoms with E-state index in [-0.39, 0.29) is 11.4 Å². The molecule has 3 nitrogen and oxygen atoms in total. The van der Waals surface area contributed by atoms with Crippen LogP contribution in [0.4, 0.5) is 0 Å². The summed E-state index contributed by atoms with van der Waals surface area (Å²) >= 11 is 0. The first-order valence-electron chi connectivity index (χ1n) is 6.39. The lowest BCUT2D eigenvalue weighted by molar-refractivity contribution is -0.0382. The molecule has 17 heavy (non-hydrogen) atoms. The summed E-state index contributed by atoms with van der Waals surface area (Å²) in [5, 5.41) is 19.7. The molecule has 1 unspecified atom stereocenters. The Kier molecular flexibility index (Phi) is 2.51. The first kappa shape index (κ1) is 10.9. The zero-order chi connectivity index (χ0) is 11.9. The number of aromatic hydroxyl groups is 1. The van der Waals surface area contributed by atoms with Crippen LogP contribution in [0, 0.1) is 0 Å². The molecule has 1 heterocycles. The predicted octanol–water partition coefficient (Wildman–Crippen LogP) is 2.91. The minimum Gasteiger partial charge on any atom is -0.508 e. The van der Waals surface area contributed by atoms with Crippen LogP contribution in [0.15, 0.2) is 18.2 Å². The van der Waals surface area contributed by atoms with Crippen LogP contribution in [0.3, 0.4) is 0 Å². The lowest BCUT2D eigenvalue weighted by Crippen LogP contribution is -2.42. The molecular formula is C14H18O3. The average Bonchev–Trinajstić information content (AvgIpc) is 2.29. The Hall–Kier alpha value is -1.22. The van der Waals surface area contributed by atoms with Crippen molar-refractivity contribution in [3.8, 4) is 11.5 Å². The first-order chi connectivity index (χ1) is 8.19. The smallest absolute Gasteiger partial charge is 0.129 e. The summed E-state index contributed by atoms with van der Waals surface area (Å²) in [5.74, 6) is 0.856. The summed E-state index contributed by atoms with van der Waals surface area (Å²) in [4.78, 5) is 0. The zero-order valence-corrected chi connectivity index (χ0v) is 9.85. The minimum absolute atomic E-state index is 0.196. The van der Waals surface area contributed by atoms with Gasteiger partial charge in [0.25, 0.3) is 0 Å². The molecule has 1 aromatic rings. The van der Waals surface area contributed by atoms with Gasteiger partial charge in [-0.1, -0.05) is 6.42 Å². The number of hydrogen-bond acceptors (Lipinski definition) is 3. The Morgan fingerprint density at radius 1 is 1.18 bits per heavy atom. The van der Waals surface area contributed by atoms with Crippen molar-refractivity contribution in [3.63, 3.8) is 0 Å². The molecule has 3 rings (SSSR count). The number of ether oxygens (including phenoxy) is 1. The molecule has 0 saturated heterocycles. The van der Waals surface area contributed by atoms with Gasteiger partial charge < -0.3 is 14.9 Å². The number of phenolic OH excluding ortho intramolecular Hbond substituents is 1. The van der Waals surface area contributed by atoms with Crippen LogP contribution in [0.2, 0.25) is 0 Å². The van der Waals surface area contributed by atoms with Crippen LogP contribution in [0.5, 0.6) is 11.5 Å². The summed E-state index contributed by atoms with van der Waals surface area (Å²) in [5.41, 5.74) is 0.609. The number of rotatable bonds is 0. The van der Waals surface area contributed by atoms with Crippen molar-refractivity contribution >= 4 is 0 Å². The highest BCUT2D eigenvalue weighted by molar-refractivity contribution is 5.43. The highest BCUT2D eigenvalue weighted by Crippen LogP contribution is 2.46. The second kappa shape index (κ2) is 3.91. The Morgan fingerprint density at radius 2 is 1.94 bits per heavy atom. The molecule has 1 aromatic carbocycles. The van der Waals surface area contributed by atoms with Crippen LogP contribution in [-0.2, 0) is 0 Å². The number of fused-ring (bicyclic) bond motifs is 1. The maximum Gasteiger partial charge on any atom is 0.129 e. The van der Waals surface area contributed by atoms with Crippen molar-refractivity contribution < 1.29 is 14.9 Å². The molecule has 1 aliphatic heterocycles. The fourth-order valence-corrected chi connectivity index (χ4v) is 3.13. The van der Waals surface area contributed by atoms with E-state index in [2.05, 4.69) is 0 Å². The highest BCUT2D eigenvalue weighted by atomic mass is 16.5. The third-order valence-corrected chi connectivity index (χ3v) is 4.01. The predicted molar refractivity (Wildman–Crippen MR) is 64.1 cm³/mol. The molecule has 1 aliphatic carbocycles. The van der Waals surface area contributed by atoms with Gasteiger partial charge in [-0.25, -0.2) is 0 Å². The number of aliphatic hydroxyl groups is 1. The van der Waals surface area contributed by atoms with Gasteiger partial charge in [-0.05, 0) is 37.8 Å². The van der Waals surface area contributed by atoms with Gasteiger partial charge in [0, 0.05) is 18.1 Å². The molecule has 0 aromatic heterocycles. The number of phenols is 1. The first-order valence-corrected chi connectivity index (χ1v) is 6.39. The zero-order valence-electron chi connectivity index (χ0n) is 9.85. The van der Waals surface area contributed by atoms with Crippen LogP contribution >= 0.6 is 0 Å². The molecule has 1 atom stereocenters. The molecule has 1 saturated carbocycles. The van der Waals surface area contributed by atoms with Crippen molar-refractivity contribution in [1.82, 2.24) is 0 Å². The van der Waals surface area contributed by atoms with E-state index in [1.807, 2.05) is 0 Å². The molecule has 1 spiro atoms. The maximum atomic E-state index is 10.2. The third kappa shape index (κ3) is 1.89. The van der Waals surface area contributed by atoms with Gasteiger partial charge in [-0.3, -0.25) is 0 Å². The molecule has 1 fully saturated rings. The Labute approximate surface area is 101 Å². The molecule has 0 radical (unpaired) electrons.